The van der Waals surface area contributed by atoms with Crippen LogP contribution in [-0.4, -0.2) is 6.04 Å². The van der Waals surface area contributed by atoms with Gasteiger partial charge < -0.3 is 5.73 Å². The summed E-state index contributed by atoms with van der Waals surface area (Å²) in [6, 6.07) is 7.17. The standard InChI is InChI=1S/C15H13ClF3N/c16-10-4-5-13(17)9(6-10)7-11(20)8-12-14(18)2-1-3-15(12)19/h1-6,11H,7-8,20H2. The third kappa shape index (κ3) is 3.52. The molecule has 20 heavy (non-hydrogen) atoms. The maximum absolute atomic E-state index is 13.6. The van der Waals surface area contributed by atoms with Crippen LogP contribution in [0, 0.1) is 17.5 Å². The van der Waals surface area contributed by atoms with Crippen LogP contribution in [0.15, 0.2) is 36.4 Å². The Morgan fingerprint density at radius 2 is 1.60 bits per heavy atom. The van der Waals surface area contributed by atoms with Gasteiger partial charge in [0.15, 0.2) is 0 Å². The third-order valence-electron chi connectivity index (χ3n) is 3.02. The quantitative estimate of drug-likeness (QED) is 0.911. The first kappa shape index (κ1) is 14.9. The average Bonchev–Trinajstić information content (AvgIpc) is 2.38. The summed E-state index contributed by atoms with van der Waals surface area (Å²) in [5, 5.41) is 0.394. The van der Waals surface area contributed by atoms with Gasteiger partial charge in [0, 0.05) is 16.6 Å². The Balaban J connectivity index is 2.13. The van der Waals surface area contributed by atoms with Crippen LogP contribution < -0.4 is 5.73 Å². The van der Waals surface area contributed by atoms with Gasteiger partial charge in [-0.2, -0.15) is 0 Å². The molecule has 2 aromatic carbocycles. The number of nitrogens with two attached hydrogens (primary N) is 1. The number of halogens is 4. The molecule has 0 amide bonds. The molecule has 0 bridgehead atoms. The molecule has 106 valence electrons. The van der Waals surface area contributed by atoms with Gasteiger partial charge in [-0.15, -0.1) is 0 Å². The molecule has 0 aromatic heterocycles. The van der Waals surface area contributed by atoms with Crippen molar-refractivity contribution in [2.45, 2.75) is 18.9 Å². The number of hydrogen-bond acceptors (Lipinski definition) is 1. The summed E-state index contributed by atoms with van der Waals surface area (Å²) in [5.74, 6) is -1.72. The van der Waals surface area contributed by atoms with Crippen LogP contribution in [0.4, 0.5) is 13.2 Å². The maximum Gasteiger partial charge on any atom is 0.129 e. The van der Waals surface area contributed by atoms with Gasteiger partial charge in [-0.1, -0.05) is 17.7 Å². The Bertz CT molecular complexity index is 596. The normalized spacial score (nSPS) is 12.4. The fourth-order valence-electron chi connectivity index (χ4n) is 2.04. The van der Waals surface area contributed by atoms with E-state index in [1.165, 1.54) is 36.4 Å². The van der Waals surface area contributed by atoms with E-state index in [1.54, 1.807) is 0 Å². The molecule has 2 N–H and O–H groups in total. The molecule has 1 nitrogen and oxygen atoms in total. The largest absolute Gasteiger partial charge is 0.327 e. The lowest BCUT2D eigenvalue weighted by Crippen LogP contribution is -2.27. The van der Waals surface area contributed by atoms with E-state index in [2.05, 4.69) is 0 Å². The van der Waals surface area contributed by atoms with Crippen LogP contribution in [-0.2, 0) is 12.8 Å². The summed E-state index contributed by atoms with van der Waals surface area (Å²) in [5.41, 5.74) is 6.11. The highest BCUT2D eigenvalue weighted by atomic mass is 35.5. The lowest BCUT2D eigenvalue weighted by atomic mass is 9.99. The fraction of sp³-hybridized carbons (Fsp3) is 0.200. The highest BCUT2D eigenvalue weighted by Crippen LogP contribution is 2.19. The van der Waals surface area contributed by atoms with Crippen molar-refractivity contribution in [2.75, 3.05) is 0 Å². The summed E-state index contributed by atoms with van der Waals surface area (Å²) < 4.78 is 40.6. The zero-order chi connectivity index (χ0) is 14.7. The van der Waals surface area contributed by atoms with Crippen molar-refractivity contribution < 1.29 is 13.2 Å². The molecule has 0 saturated carbocycles. The fourth-order valence-corrected chi connectivity index (χ4v) is 2.24. The lowest BCUT2D eigenvalue weighted by Gasteiger charge is -2.13. The summed E-state index contributed by atoms with van der Waals surface area (Å²) in [7, 11) is 0. The lowest BCUT2D eigenvalue weighted by molar-refractivity contribution is 0.528. The second-order valence-corrected chi connectivity index (χ2v) is 5.04. The molecular weight excluding hydrogens is 287 g/mol. The minimum atomic E-state index is -0.646. The monoisotopic (exact) mass is 299 g/mol. The highest BCUT2D eigenvalue weighted by Gasteiger charge is 2.15. The molecule has 0 aliphatic heterocycles. The molecule has 0 saturated heterocycles. The second-order valence-electron chi connectivity index (χ2n) is 4.60. The van der Waals surface area contributed by atoms with Gasteiger partial charge in [0.2, 0.25) is 0 Å². The Morgan fingerprint density at radius 1 is 0.950 bits per heavy atom. The average molecular weight is 300 g/mol. The summed E-state index contributed by atoms with van der Waals surface area (Å²) in [6.07, 6.45) is 0.143. The Labute approximate surface area is 120 Å². The molecule has 0 aliphatic carbocycles. The molecule has 0 heterocycles. The predicted molar refractivity (Wildman–Crippen MR) is 73.2 cm³/mol. The van der Waals surface area contributed by atoms with Crippen molar-refractivity contribution in [1.82, 2.24) is 0 Å². The molecule has 5 heteroatoms. The Kier molecular flexibility index (Phi) is 4.68. The number of benzene rings is 2. The zero-order valence-electron chi connectivity index (χ0n) is 10.5. The second kappa shape index (κ2) is 6.29. The molecule has 1 atom stereocenters. The molecule has 0 radical (unpaired) electrons. The minimum Gasteiger partial charge on any atom is -0.327 e. The van der Waals surface area contributed by atoms with Gasteiger partial charge in [-0.3, -0.25) is 0 Å². The van der Waals surface area contributed by atoms with Crippen LogP contribution in [0.2, 0.25) is 5.02 Å². The zero-order valence-corrected chi connectivity index (χ0v) is 11.3. The first-order valence-electron chi connectivity index (χ1n) is 6.09. The Morgan fingerprint density at radius 3 is 2.25 bits per heavy atom. The number of hydrogen-bond donors (Lipinski definition) is 1. The van der Waals surface area contributed by atoms with Gasteiger partial charge in [0.05, 0.1) is 0 Å². The van der Waals surface area contributed by atoms with Crippen molar-refractivity contribution >= 4 is 11.6 Å². The van der Waals surface area contributed by atoms with E-state index in [0.717, 1.165) is 0 Å². The van der Waals surface area contributed by atoms with E-state index in [1.807, 2.05) is 0 Å². The van der Waals surface area contributed by atoms with Crippen molar-refractivity contribution in [3.8, 4) is 0 Å². The van der Waals surface area contributed by atoms with E-state index in [4.69, 9.17) is 17.3 Å². The van der Waals surface area contributed by atoms with Gasteiger partial charge >= 0.3 is 0 Å². The van der Waals surface area contributed by atoms with Gasteiger partial charge in [0.25, 0.3) is 0 Å². The van der Waals surface area contributed by atoms with Crippen LogP contribution in [0.25, 0.3) is 0 Å². The number of rotatable bonds is 4. The van der Waals surface area contributed by atoms with E-state index in [9.17, 15) is 13.2 Å². The Hall–Kier alpha value is -1.52. The van der Waals surface area contributed by atoms with Gasteiger partial charge in [-0.25, -0.2) is 13.2 Å². The third-order valence-corrected chi connectivity index (χ3v) is 3.25. The van der Waals surface area contributed by atoms with Crippen molar-refractivity contribution in [3.63, 3.8) is 0 Å². The highest BCUT2D eigenvalue weighted by molar-refractivity contribution is 6.30. The van der Waals surface area contributed by atoms with E-state index in [-0.39, 0.29) is 18.4 Å². The molecule has 2 rings (SSSR count). The molecule has 0 spiro atoms. The maximum atomic E-state index is 13.6. The minimum absolute atomic E-state index is 0.00946. The van der Waals surface area contributed by atoms with Crippen LogP contribution in [0.1, 0.15) is 11.1 Å². The van der Waals surface area contributed by atoms with Crippen molar-refractivity contribution in [3.05, 3.63) is 70.0 Å². The smallest absolute Gasteiger partial charge is 0.129 e. The predicted octanol–water partition coefficient (Wildman–Crippen LogP) is 3.87. The summed E-state index contributed by atoms with van der Waals surface area (Å²) >= 11 is 5.78. The SMILES string of the molecule is NC(Cc1cc(Cl)ccc1F)Cc1c(F)cccc1F. The van der Waals surface area contributed by atoms with E-state index < -0.39 is 23.5 Å². The van der Waals surface area contributed by atoms with Crippen LogP contribution in [0.3, 0.4) is 0 Å². The van der Waals surface area contributed by atoms with Gasteiger partial charge in [-0.05, 0) is 48.7 Å². The molecule has 1 unspecified atom stereocenters. The van der Waals surface area contributed by atoms with Crippen LogP contribution >= 0.6 is 11.6 Å². The summed E-state index contributed by atoms with van der Waals surface area (Å²) in [4.78, 5) is 0. The van der Waals surface area contributed by atoms with Gasteiger partial charge in [0.1, 0.15) is 17.5 Å². The first-order chi connectivity index (χ1) is 9.47. The van der Waals surface area contributed by atoms with Crippen molar-refractivity contribution in [2.24, 2.45) is 5.73 Å². The van der Waals surface area contributed by atoms with Crippen molar-refractivity contribution in [1.29, 1.82) is 0 Å². The first-order valence-corrected chi connectivity index (χ1v) is 6.47. The molecule has 0 fully saturated rings. The van der Waals surface area contributed by atoms with E-state index in [0.29, 0.717) is 10.6 Å². The molecular formula is C15H13ClF3N. The van der Waals surface area contributed by atoms with Crippen LogP contribution in [0.5, 0.6) is 0 Å². The molecule has 0 aliphatic rings. The molecule has 2 aromatic rings. The summed E-state index contributed by atoms with van der Waals surface area (Å²) in [6.45, 7) is 0. The van der Waals surface area contributed by atoms with E-state index >= 15 is 0 Å². The topological polar surface area (TPSA) is 26.0 Å².